The topological polar surface area (TPSA) is 41.8 Å². The van der Waals surface area contributed by atoms with Crippen molar-refractivity contribution in [3.05, 3.63) is 46.8 Å². The summed E-state index contributed by atoms with van der Waals surface area (Å²) < 4.78 is 43.0. The van der Waals surface area contributed by atoms with Gasteiger partial charge in [0.05, 0.1) is 11.3 Å². The van der Waals surface area contributed by atoms with E-state index in [-0.39, 0.29) is 6.61 Å². The summed E-state index contributed by atoms with van der Waals surface area (Å²) in [5.74, 6) is 0.575. The third kappa shape index (κ3) is 3.19. The van der Waals surface area contributed by atoms with Crippen molar-refractivity contribution in [1.82, 2.24) is 0 Å². The summed E-state index contributed by atoms with van der Waals surface area (Å²) in [7, 11) is 0. The van der Waals surface area contributed by atoms with Gasteiger partial charge in [-0.1, -0.05) is 12.1 Å². The fourth-order valence-electron chi connectivity index (χ4n) is 1.90. The van der Waals surface area contributed by atoms with E-state index in [1.807, 2.05) is 0 Å². The molecule has 1 N–H and O–H groups in total. The molecule has 0 fully saturated rings. The molecule has 3 nitrogen and oxygen atoms in total. The van der Waals surface area contributed by atoms with Crippen molar-refractivity contribution < 1.29 is 23.0 Å². The number of allylic oxidation sites excluding steroid dienone is 1. The first kappa shape index (κ1) is 14.6. The Morgan fingerprint density at radius 2 is 1.90 bits per heavy atom. The Hall–Kier alpha value is -1.82. The zero-order valence-corrected chi connectivity index (χ0v) is 10.8. The normalized spacial score (nSPS) is 19.1. The van der Waals surface area contributed by atoms with Crippen molar-refractivity contribution >= 4 is 6.21 Å². The summed E-state index contributed by atoms with van der Waals surface area (Å²) >= 11 is 0. The van der Waals surface area contributed by atoms with E-state index >= 15 is 0 Å². The number of benzene rings is 1. The van der Waals surface area contributed by atoms with E-state index in [1.165, 1.54) is 18.3 Å². The second-order valence-electron chi connectivity index (χ2n) is 4.41. The maximum Gasteiger partial charge on any atom is 0.416 e. The first-order valence-corrected chi connectivity index (χ1v) is 6.10. The van der Waals surface area contributed by atoms with Crippen LogP contribution in [0.4, 0.5) is 13.2 Å². The van der Waals surface area contributed by atoms with Crippen molar-refractivity contribution in [2.75, 3.05) is 6.61 Å². The lowest BCUT2D eigenvalue weighted by atomic mass is 10.1. The maximum atomic E-state index is 12.5. The minimum atomic E-state index is -4.34. The minimum absolute atomic E-state index is 0.0294. The monoisotopic (exact) mass is 285 g/mol. The Kier molecular flexibility index (Phi) is 4.13. The van der Waals surface area contributed by atoms with Gasteiger partial charge in [0, 0.05) is 19.2 Å². The Morgan fingerprint density at radius 1 is 1.25 bits per heavy atom. The van der Waals surface area contributed by atoms with Gasteiger partial charge in [0.2, 0.25) is 0 Å². The van der Waals surface area contributed by atoms with Gasteiger partial charge < -0.3 is 9.84 Å². The summed E-state index contributed by atoms with van der Waals surface area (Å²) in [6.45, 7) is 1.69. The van der Waals surface area contributed by atoms with Crippen LogP contribution in [0, 0.1) is 0 Å². The number of ether oxygens (including phenoxy) is 1. The average molecular weight is 285 g/mol. The molecule has 1 aromatic rings. The summed E-state index contributed by atoms with van der Waals surface area (Å²) in [4.78, 5) is 4.18. The van der Waals surface area contributed by atoms with Crippen molar-refractivity contribution in [3.63, 3.8) is 0 Å². The second-order valence-corrected chi connectivity index (χ2v) is 4.41. The number of aliphatic hydroxyl groups excluding tert-OH is 1. The highest BCUT2D eigenvalue weighted by Crippen LogP contribution is 2.31. The van der Waals surface area contributed by atoms with Gasteiger partial charge in [0.15, 0.2) is 6.10 Å². The van der Waals surface area contributed by atoms with E-state index in [0.29, 0.717) is 23.4 Å². The van der Waals surface area contributed by atoms with Gasteiger partial charge in [-0.05, 0) is 24.6 Å². The second kappa shape index (κ2) is 5.66. The SMILES string of the molecule is CC1=C(CCO)N=CC(c2ccc(C(F)(F)F)cc2)O1. The summed E-state index contributed by atoms with van der Waals surface area (Å²) in [5, 5.41) is 8.86. The van der Waals surface area contributed by atoms with E-state index < -0.39 is 17.8 Å². The number of nitrogens with zero attached hydrogens (tertiary/aromatic N) is 1. The molecule has 1 aliphatic rings. The quantitative estimate of drug-likeness (QED) is 0.924. The zero-order valence-electron chi connectivity index (χ0n) is 10.8. The van der Waals surface area contributed by atoms with Crippen LogP contribution in [0.3, 0.4) is 0 Å². The summed E-state index contributed by atoms with van der Waals surface area (Å²) in [5.41, 5.74) is 0.557. The molecular weight excluding hydrogens is 271 g/mol. The minimum Gasteiger partial charge on any atom is -0.483 e. The molecule has 0 bridgehead atoms. The molecule has 1 unspecified atom stereocenters. The van der Waals surface area contributed by atoms with E-state index in [4.69, 9.17) is 9.84 Å². The standard InChI is InChI=1S/C14H14F3NO2/c1-9-12(6-7-19)18-8-13(20-9)10-2-4-11(5-3-10)14(15,16)17/h2-5,8,13,19H,6-7H2,1H3. The maximum absolute atomic E-state index is 12.5. The first-order chi connectivity index (χ1) is 9.41. The lowest BCUT2D eigenvalue weighted by Gasteiger charge is -2.22. The van der Waals surface area contributed by atoms with Gasteiger partial charge in [-0.3, -0.25) is 4.99 Å². The highest BCUT2D eigenvalue weighted by molar-refractivity contribution is 5.68. The van der Waals surface area contributed by atoms with Crippen LogP contribution in [-0.2, 0) is 10.9 Å². The third-order valence-corrected chi connectivity index (χ3v) is 2.99. The van der Waals surface area contributed by atoms with Crippen LogP contribution < -0.4 is 0 Å². The van der Waals surface area contributed by atoms with Crippen LogP contribution in [0.15, 0.2) is 40.7 Å². The third-order valence-electron chi connectivity index (χ3n) is 2.99. The molecule has 2 rings (SSSR count). The van der Waals surface area contributed by atoms with Gasteiger partial charge in [0.25, 0.3) is 0 Å². The van der Waals surface area contributed by atoms with Crippen molar-refractivity contribution in [2.45, 2.75) is 25.6 Å². The molecule has 1 aliphatic heterocycles. The van der Waals surface area contributed by atoms with Crippen LogP contribution in [0.2, 0.25) is 0 Å². The van der Waals surface area contributed by atoms with Gasteiger partial charge >= 0.3 is 6.18 Å². The molecule has 0 aromatic heterocycles. The zero-order chi connectivity index (χ0) is 14.8. The molecule has 0 saturated carbocycles. The highest BCUT2D eigenvalue weighted by Gasteiger charge is 2.30. The smallest absolute Gasteiger partial charge is 0.416 e. The van der Waals surface area contributed by atoms with Crippen molar-refractivity contribution in [2.24, 2.45) is 4.99 Å². The fourth-order valence-corrected chi connectivity index (χ4v) is 1.90. The molecule has 0 radical (unpaired) electrons. The number of hydrogen-bond donors (Lipinski definition) is 1. The van der Waals surface area contributed by atoms with Crippen LogP contribution >= 0.6 is 0 Å². The molecule has 1 atom stereocenters. The number of hydrogen-bond acceptors (Lipinski definition) is 3. The van der Waals surface area contributed by atoms with Crippen molar-refractivity contribution in [3.8, 4) is 0 Å². The molecule has 0 spiro atoms. The Morgan fingerprint density at radius 3 is 2.40 bits per heavy atom. The Balaban J connectivity index is 2.14. The van der Waals surface area contributed by atoms with Crippen LogP contribution in [0.25, 0.3) is 0 Å². The predicted molar refractivity (Wildman–Crippen MR) is 68.2 cm³/mol. The van der Waals surface area contributed by atoms with Crippen LogP contribution in [0.1, 0.15) is 30.6 Å². The number of aliphatic hydroxyl groups is 1. The van der Waals surface area contributed by atoms with E-state index in [9.17, 15) is 13.2 Å². The number of alkyl halides is 3. The first-order valence-electron chi connectivity index (χ1n) is 6.10. The molecule has 0 aliphatic carbocycles. The predicted octanol–water partition coefficient (Wildman–Crippen LogP) is 3.46. The van der Waals surface area contributed by atoms with E-state index in [0.717, 1.165) is 12.1 Å². The molecule has 0 saturated heterocycles. The van der Waals surface area contributed by atoms with Gasteiger partial charge in [-0.2, -0.15) is 13.2 Å². The van der Waals surface area contributed by atoms with Crippen LogP contribution in [0.5, 0.6) is 0 Å². The van der Waals surface area contributed by atoms with Gasteiger partial charge in [-0.25, -0.2) is 0 Å². The number of aliphatic imine (C=N–C) groups is 1. The van der Waals surface area contributed by atoms with Crippen molar-refractivity contribution in [1.29, 1.82) is 0 Å². The van der Waals surface area contributed by atoms with Crippen LogP contribution in [-0.4, -0.2) is 17.9 Å². The van der Waals surface area contributed by atoms with E-state index in [2.05, 4.69) is 4.99 Å². The Bertz CT molecular complexity index is 532. The van der Waals surface area contributed by atoms with Gasteiger partial charge in [0.1, 0.15) is 5.76 Å². The molecule has 1 heterocycles. The lowest BCUT2D eigenvalue weighted by molar-refractivity contribution is -0.137. The molecule has 0 amide bonds. The average Bonchev–Trinajstić information content (AvgIpc) is 2.40. The Labute approximate surface area is 114 Å². The molecule has 1 aromatic carbocycles. The van der Waals surface area contributed by atoms with E-state index in [1.54, 1.807) is 6.92 Å². The molecule has 6 heteroatoms. The lowest BCUT2D eigenvalue weighted by Crippen LogP contribution is -2.12. The molecule has 108 valence electrons. The number of halogens is 3. The number of rotatable bonds is 3. The van der Waals surface area contributed by atoms with Gasteiger partial charge in [-0.15, -0.1) is 0 Å². The molecule has 20 heavy (non-hydrogen) atoms. The largest absolute Gasteiger partial charge is 0.483 e. The fraction of sp³-hybridized carbons (Fsp3) is 0.357. The highest BCUT2D eigenvalue weighted by atomic mass is 19.4. The summed E-state index contributed by atoms with van der Waals surface area (Å²) in [6.07, 6.45) is -2.92. The molecular formula is C14H14F3NO2. The summed E-state index contributed by atoms with van der Waals surface area (Å²) in [6, 6.07) is 4.80.